The molecule has 0 spiro atoms. The van der Waals surface area contributed by atoms with E-state index in [9.17, 15) is 0 Å². The van der Waals surface area contributed by atoms with Gasteiger partial charge in [0, 0.05) is 14.5 Å². The highest BCUT2D eigenvalue weighted by Crippen LogP contribution is 2.31. The first kappa shape index (κ1) is 8.54. The van der Waals surface area contributed by atoms with Crippen LogP contribution in [0.2, 0.25) is 0 Å². The molecule has 0 nitrogen and oxygen atoms in total. The molecule has 0 aromatic heterocycles. The molecule has 1 saturated carbocycles. The zero-order chi connectivity index (χ0) is 6.85. The summed E-state index contributed by atoms with van der Waals surface area (Å²) in [7, 11) is 0. The SMILES string of the molecule is BrC1[CH]C(Br)CC(Br)C1. The second kappa shape index (κ2) is 3.72. The van der Waals surface area contributed by atoms with Crippen LogP contribution < -0.4 is 0 Å². The van der Waals surface area contributed by atoms with E-state index in [2.05, 4.69) is 54.2 Å². The molecule has 0 aromatic rings. The Hall–Kier alpha value is 1.44. The van der Waals surface area contributed by atoms with Crippen LogP contribution in [0.15, 0.2) is 0 Å². The Morgan fingerprint density at radius 3 is 1.78 bits per heavy atom. The summed E-state index contributed by atoms with van der Waals surface area (Å²) in [5, 5.41) is 0. The minimum atomic E-state index is 0.583. The van der Waals surface area contributed by atoms with Gasteiger partial charge in [0.25, 0.3) is 0 Å². The maximum Gasteiger partial charge on any atom is 0.0198 e. The summed E-state index contributed by atoms with van der Waals surface area (Å²) in [6, 6.07) is 0. The average Bonchev–Trinajstić information content (AvgIpc) is 1.59. The lowest BCUT2D eigenvalue weighted by molar-refractivity contribution is 0.648. The minimum Gasteiger partial charge on any atom is -0.0890 e. The van der Waals surface area contributed by atoms with Crippen molar-refractivity contribution < 1.29 is 0 Å². The summed E-state index contributed by atoms with van der Waals surface area (Å²) in [6.07, 6.45) is 4.71. The highest BCUT2D eigenvalue weighted by Gasteiger charge is 2.23. The van der Waals surface area contributed by atoms with Gasteiger partial charge in [-0.3, -0.25) is 0 Å². The molecule has 2 atom stereocenters. The standard InChI is InChI=1S/C6H8Br3/c7-4-1-5(8)3-6(9)2-4/h1,4-6H,2-3H2. The number of alkyl halides is 3. The molecule has 0 amide bonds. The number of rotatable bonds is 0. The van der Waals surface area contributed by atoms with Crippen molar-refractivity contribution in [2.45, 2.75) is 27.3 Å². The van der Waals surface area contributed by atoms with Crippen LogP contribution in [-0.2, 0) is 0 Å². The molecule has 1 aliphatic rings. The van der Waals surface area contributed by atoms with Crippen LogP contribution in [-0.4, -0.2) is 14.5 Å². The Labute approximate surface area is 81.2 Å². The van der Waals surface area contributed by atoms with Crippen molar-refractivity contribution >= 4 is 47.8 Å². The van der Waals surface area contributed by atoms with Crippen LogP contribution in [0, 0.1) is 6.42 Å². The highest BCUT2D eigenvalue weighted by atomic mass is 79.9. The van der Waals surface area contributed by atoms with Crippen LogP contribution in [0.5, 0.6) is 0 Å². The number of halogens is 3. The monoisotopic (exact) mass is 317 g/mol. The van der Waals surface area contributed by atoms with Gasteiger partial charge in [-0.1, -0.05) is 47.8 Å². The topological polar surface area (TPSA) is 0 Å². The first-order valence-electron chi connectivity index (χ1n) is 2.95. The van der Waals surface area contributed by atoms with Crippen LogP contribution >= 0.6 is 47.8 Å². The fraction of sp³-hybridized carbons (Fsp3) is 0.833. The van der Waals surface area contributed by atoms with Crippen molar-refractivity contribution in [3.63, 3.8) is 0 Å². The van der Waals surface area contributed by atoms with Crippen molar-refractivity contribution in [3.8, 4) is 0 Å². The molecule has 0 aliphatic heterocycles. The van der Waals surface area contributed by atoms with Gasteiger partial charge in [-0.05, 0) is 19.3 Å². The van der Waals surface area contributed by atoms with Gasteiger partial charge in [0.15, 0.2) is 0 Å². The van der Waals surface area contributed by atoms with Gasteiger partial charge in [-0.25, -0.2) is 0 Å². The fourth-order valence-electron chi connectivity index (χ4n) is 0.969. The Kier molecular flexibility index (Phi) is 3.53. The molecule has 1 fully saturated rings. The van der Waals surface area contributed by atoms with Gasteiger partial charge in [-0.15, -0.1) is 0 Å². The van der Waals surface area contributed by atoms with E-state index in [4.69, 9.17) is 0 Å². The summed E-state index contributed by atoms with van der Waals surface area (Å²) in [5.41, 5.74) is 0. The van der Waals surface area contributed by atoms with E-state index < -0.39 is 0 Å². The van der Waals surface area contributed by atoms with E-state index in [1.54, 1.807) is 0 Å². The van der Waals surface area contributed by atoms with E-state index in [1.807, 2.05) is 0 Å². The predicted molar refractivity (Wildman–Crippen MR) is 51.7 cm³/mol. The number of hydrogen-bond donors (Lipinski definition) is 0. The van der Waals surface area contributed by atoms with E-state index in [-0.39, 0.29) is 0 Å². The molecule has 3 heteroatoms. The largest absolute Gasteiger partial charge is 0.0890 e. The Morgan fingerprint density at radius 1 is 1.00 bits per heavy atom. The molecule has 1 rings (SSSR count). The van der Waals surface area contributed by atoms with Crippen LogP contribution in [0.4, 0.5) is 0 Å². The van der Waals surface area contributed by atoms with Crippen LogP contribution in [0.3, 0.4) is 0 Å². The van der Waals surface area contributed by atoms with Crippen molar-refractivity contribution in [2.75, 3.05) is 0 Å². The lowest BCUT2D eigenvalue weighted by atomic mass is 10.0. The summed E-state index contributed by atoms with van der Waals surface area (Å²) in [4.78, 5) is 1.84. The second-order valence-corrected chi connectivity index (χ2v) is 5.94. The van der Waals surface area contributed by atoms with E-state index in [1.165, 1.54) is 12.8 Å². The first-order chi connectivity index (χ1) is 4.18. The number of hydrogen-bond acceptors (Lipinski definition) is 0. The molecule has 0 saturated heterocycles. The van der Waals surface area contributed by atoms with Crippen molar-refractivity contribution in [3.05, 3.63) is 6.42 Å². The van der Waals surface area contributed by atoms with Crippen LogP contribution in [0.1, 0.15) is 12.8 Å². The zero-order valence-corrected chi connectivity index (χ0v) is 9.62. The zero-order valence-electron chi connectivity index (χ0n) is 4.86. The molecule has 53 valence electrons. The van der Waals surface area contributed by atoms with Crippen LogP contribution in [0.25, 0.3) is 0 Å². The predicted octanol–water partition coefficient (Wildman–Crippen LogP) is 3.27. The Bertz CT molecular complexity index is 69.3. The Morgan fingerprint density at radius 2 is 1.44 bits per heavy atom. The third-order valence-electron chi connectivity index (χ3n) is 1.38. The second-order valence-electron chi connectivity index (χ2n) is 2.29. The highest BCUT2D eigenvalue weighted by molar-refractivity contribution is 9.10. The van der Waals surface area contributed by atoms with Crippen molar-refractivity contribution in [1.82, 2.24) is 0 Å². The third kappa shape index (κ3) is 2.89. The molecular formula is C6H8Br3. The van der Waals surface area contributed by atoms with Gasteiger partial charge >= 0.3 is 0 Å². The molecule has 1 aliphatic carbocycles. The fourth-order valence-corrected chi connectivity index (χ4v) is 4.83. The molecule has 0 aromatic carbocycles. The normalized spacial score (nSPS) is 45.0. The van der Waals surface area contributed by atoms with Gasteiger partial charge in [0.2, 0.25) is 0 Å². The summed E-state index contributed by atoms with van der Waals surface area (Å²) in [5.74, 6) is 0. The summed E-state index contributed by atoms with van der Waals surface area (Å²) < 4.78 is 0. The lowest BCUT2D eigenvalue weighted by Crippen LogP contribution is -2.23. The minimum absolute atomic E-state index is 0.583. The maximum absolute atomic E-state index is 3.59. The molecular weight excluding hydrogens is 312 g/mol. The average molecular weight is 320 g/mol. The van der Waals surface area contributed by atoms with Gasteiger partial charge in [0.1, 0.15) is 0 Å². The molecule has 0 bridgehead atoms. The van der Waals surface area contributed by atoms with E-state index in [0.29, 0.717) is 14.5 Å². The van der Waals surface area contributed by atoms with E-state index >= 15 is 0 Å². The summed E-state index contributed by atoms with van der Waals surface area (Å²) >= 11 is 10.7. The molecule has 2 unspecified atom stereocenters. The van der Waals surface area contributed by atoms with Gasteiger partial charge < -0.3 is 0 Å². The quantitative estimate of drug-likeness (QED) is 0.601. The maximum atomic E-state index is 3.59. The molecule has 0 N–H and O–H groups in total. The first-order valence-corrected chi connectivity index (χ1v) is 5.70. The summed E-state index contributed by atoms with van der Waals surface area (Å²) in [6.45, 7) is 0. The van der Waals surface area contributed by atoms with Crippen molar-refractivity contribution in [2.24, 2.45) is 0 Å². The molecule has 1 radical (unpaired) electrons. The van der Waals surface area contributed by atoms with Gasteiger partial charge in [0.05, 0.1) is 0 Å². The van der Waals surface area contributed by atoms with Crippen molar-refractivity contribution in [1.29, 1.82) is 0 Å². The third-order valence-corrected chi connectivity index (χ3v) is 3.49. The van der Waals surface area contributed by atoms with Gasteiger partial charge in [-0.2, -0.15) is 0 Å². The van der Waals surface area contributed by atoms with E-state index in [0.717, 1.165) is 0 Å². The molecule has 9 heavy (non-hydrogen) atoms. The molecule has 0 heterocycles. The Balaban J connectivity index is 2.34. The smallest absolute Gasteiger partial charge is 0.0198 e. The lowest BCUT2D eigenvalue weighted by Gasteiger charge is -2.24.